The van der Waals surface area contributed by atoms with Gasteiger partial charge in [0.25, 0.3) is 0 Å². The second-order valence-electron chi connectivity index (χ2n) is 5.40. The highest BCUT2D eigenvalue weighted by Crippen LogP contribution is 2.35. The highest BCUT2D eigenvalue weighted by Gasteiger charge is 2.31. The fourth-order valence-electron chi connectivity index (χ4n) is 2.69. The first-order valence-corrected chi connectivity index (χ1v) is 6.91. The van der Waals surface area contributed by atoms with E-state index < -0.39 is 0 Å². The minimum atomic E-state index is 0.0743. The molecule has 17 heavy (non-hydrogen) atoms. The minimum absolute atomic E-state index is 0.0743. The first-order valence-electron chi connectivity index (χ1n) is 6.91. The molecule has 0 spiro atoms. The van der Waals surface area contributed by atoms with E-state index in [4.69, 9.17) is 10.8 Å². The van der Waals surface area contributed by atoms with Crippen LogP contribution in [0.4, 0.5) is 0 Å². The summed E-state index contributed by atoms with van der Waals surface area (Å²) in [6.07, 6.45) is 7.70. The molecule has 0 bridgehead atoms. The molecule has 102 valence electrons. The second-order valence-corrected chi connectivity index (χ2v) is 5.40. The van der Waals surface area contributed by atoms with Gasteiger partial charge >= 0.3 is 0 Å². The van der Waals surface area contributed by atoms with Crippen LogP contribution >= 0.6 is 0 Å². The van der Waals surface area contributed by atoms with E-state index >= 15 is 0 Å². The summed E-state index contributed by atoms with van der Waals surface area (Å²) >= 11 is 0. The van der Waals surface area contributed by atoms with Crippen molar-refractivity contribution < 1.29 is 10.2 Å². The molecule has 1 aliphatic rings. The van der Waals surface area contributed by atoms with E-state index in [1.807, 2.05) is 0 Å². The summed E-state index contributed by atoms with van der Waals surface area (Å²) in [7, 11) is 0. The Hall–Kier alpha value is -0.160. The van der Waals surface area contributed by atoms with Gasteiger partial charge in [0.2, 0.25) is 0 Å². The van der Waals surface area contributed by atoms with Crippen molar-refractivity contribution in [1.82, 2.24) is 5.32 Å². The van der Waals surface area contributed by atoms with Crippen LogP contribution in [0.3, 0.4) is 0 Å². The number of hydrogen-bond donors (Lipinski definition) is 4. The van der Waals surface area contributed by atoms with Gasteiger partial charge in [-0.05, 0) is 25.7 Å². The Kier molecular flexibility index (Phi) is 7.04. The van der Waals surface area contributed by atoms with E-state index in [1.165, 1.54) is 19.3 Å². The number of rotatable bonds is 8. The smallest absolute Gasteiger partial charge is 0.0499 e. The van der Waals surface area contributed by atoms with Crippen LogP contribution in [0.15, 0.2) is 0 Å². The Bertz CT molecular complexity index is 194. The van der Waals surface area contributed by atoms with E-state index in [-0.39, 0.29) is 24.7 Å². The van der Waals surface area contributed by atoms with Gasteiger partial charge in [-0.2, -0.15) is 0 Å². The van der Waals surface area contributed by atoms with Gasteiger partial charge in [-0.25, -0.2) is 0 Å². The van der Waals surface area contributed by atoms with Crippen LogP contribution in [0.2, 0.25) is 0 Å². The summed E-state index contributed by atoms with van der Waals surface area (Å²) in [5.41, 5.74) is 5.78. The van der Waals surface area contributed by atoms with Crippen molar-refractivity contribution in [1.29, 1.82) is 0 Å². The number of aliphatic hydroxyl groups is 2. The van der Waals surface area contributed by atoms with E-state index in [0.717, 1.165) is 32.2 Å². The summed E-state index contributed by atoms with van der Waals surface area (Å²) in [6, 6.07) is 0.271. The monoisotopic (exact) mass is 244 g/mol. The maximum absolute atomic E-state index is 9.59. The zero-order valence-corrected chi connectivity index (χ0v) is 10.8. The molecule has 5 N–H and O–H groups in total. The van der Waals surface area contributed by atoms with E-state index in [2.05, 4.69) is 5.32 Å². The fraction of sp³-hybridized carbons (Fsp3) is 1.00. The second kappa shape index (κ2) is 8.03. The third kappa shape index (κ3) is 4.92. The van der Waals surface area contributed by atoms with Crippen molar-refractivity contribution in [2.24, 2.45) is 11.1 Å². The topological polar surface area (TPSA) is 78.5 Å². The van der Waals surface area contributed by atoms with Crippen LogP contribution in [0.5, 0.6) is 0 Å². The molecule has 0 aromatic heterocycles. The number of nitrogens with two attached hydrogens (primary N) is 1. The van der Waals surface area contributed by atoms with Gasteiger partial charge in [0.1, 0.15) is 0 Å². The first-order chi connectivity index (χ1) is 8.26. The highest BCUT2D eigenvalue weighted by molar-refractivity contribution is 4.85. The van der Waals surface area contributed by atoms with Gasteiger partial charge in [0.15, 0.2) is 0 Å². The molecule has 1 fully saturated rings. The van der Waals surface area contributed by atoms with Gasteiger partial charge in [0.05, 0.1) is 0 Å². The summed E-state index contributed by atoms with van der Waals surface area (Å²) in [5, 5.41) is 21.9. The molecule has 4 heteroatoms. The van der Waals surface area contributed by atoms with Crippen LogP contribution < -0.4 is 11.1 Å². The largest absolute Gasteiger partial charge is 0.396 e. The third-order valence-corrected chi connectivity index (χ3v) is 4.01. The first kappa shape index (κ1) is 14.9. The molecule has 0 aromatic rings. The van der Waals surface area contributed by atoms with Gasteiger partial charge in [-0.1, -0.05) is 19.3 Å². The van der Waals surface area contributed by atoms with E-state index in [0.29, 0.717) is 6.54 Å². The molecular weight excluding hydrogens is 216 g/mol. The molecule has 1 rings (SSSR count). The molecule has 1 unspecified atom stereocenters. The Morgan fingerprint density at radius 1 is 1.18 bits per heavy atom. The van der Waals surface area contributed by atoms with Crippen molar-refractivity contribution in [3.63, 3.8) is 0 Å². The van der Waals surface area contributed by atoms with Gasteiger partial charge in [0, 0.05) is 37.8 Å². The molecule has 0 aliphatic heterocycles. The molecule has 0 radical (unpaired) electrons. The van der Waals surface area contributed by atoms with Crippen LogP contribution in [0, 0.1) is 5.41 Å². The maximum atomic E-state index is 9.59. The Balaban J connectivity index is 2.34. The molecular formula is C13H28N2O2. The van der Waals surface area contributed by atoms with E-state index in [9.17, 15) is 5.11 Å². The predicted molar refractivity (Wildman–Crippen MR) is 69.8 cm³/mol. The minimum Gasteiger partial charge on any atom is -0.396 e. The molecule has 0 saturated heterocycles. The van der Waals surface area contributed by atoms with Gasteiger partial charge in [-0.15, -0.1) is 0 Å². The van der Waals surface area contributed by atoms with Crippen LogP contribution in [-0.2, 0) is 0 Å². The molecule has 0 heterocycles. The highest BCUT2D eigenvalue weighted by atomic mass is 16.3. The molecule has 4 nitrogen and oxygen atoms in total. The quantitative estimate of drug-likeness (QED) is 0.505. The van der Waals surface area contributed by atoms with Crippen molar-refractivity contribution in [3.8, 4) is 0 Å². The van der Waals surface area contributed by atoms with Crippen LogP contribution in [0.25, 0.3) is 0 Å². The van der Waals surface area contributed by atoms with E-state index in [1.54, 1.807) is 0 Å². The zero-order chi connectivity index (χ0) is 12.6. The molecule has 0 aromatic carbocycles. The van der Waals surface area contributed by atoms with Gasteiger partial charge < -0.3 is 21.3 Å². The molecule has 0 amide bonds. The van der Waals surface area contributed by atoms with Crippen LogP contribution in [-0.4, -0.2) is 42.6 Å². The Morgan fingerprint density at radius 3 is 2.41 bits per heavy atom. The van der Waals surface area contributed by atoms with Crippen molar-refractivity contribution in [2.75, 3.05) is 26.3 Å². The van der Waals surface area contributed by atoms with Gasteiger partial charge in [-0.3, -0.25) is 0 Å². The fourth-order valence-corrected chi connectivity index (χ4v) is 2.69. The Morgan fingerprint density at radius 2 is 1.88 bits per heavy atom. The lowest BCUT2D eigenvalue weighted by atomic mass is 9.74. The summed E-state index contributed by atoms with van der Waals surface area (Å²) < 4.78 is 0. The number of hydrogen-bond acceptors (Lipinski definition) is 4. The summed E-state index contributed by atoms with van der Waals surface area (Å²) in [4.78, 5) is 0. The average molecular weight is 244 g/mol. The van der Waals surface area contributed by atoms with Crippen molar-refractivity contribution in [2.45, 2.75) is 51.0 Å². The van der Waals surface area contributed by atoms with Crippen LogP contribution in [0.1, 0.15) is 44.9 Å². The zero-order valence-electron chi connectivity index (χ0n) is 10.8. The molecule has 1 aliphatic carbocycles. The molecule has 1 saturated carbocycles. The standard InChI is InChI=1S/C13H28N2O2/c14-9-12(5-4-8-16)15-10-13(11-17)6-2-1-3-7-13/h12,15-17H,1-11,14H2. The lowest BCUT2D eigenvalue weighted by Crippen LogP contribution is -2.45. The van der Waals surface area contributed by atoms with Crippen molar-refractivity contribution in [3.05, 3.63) is 0 Å². The normalized spacial score (nSPS) is 21.4. The molecule has 1 atom stereocenters. The lowest BCUT2D eigenvalue weighted by Gasteiger charge is -2.37. The number of nitrogens with one attached hydrogen (secondary N) is 1. The Labute approximate surface area is 105 Å². The SMILES string of the molecule is NCC(CCCO)NCC1(CO)CCCCC1. The lowest BCUT2D eigenvalue weighted by molar-refractivity contribution is 0.0779. The summed E-state index contributed by atoms with van der Waals surface area (Å²) in [5.74, 6) is 0. The average Bonchev–Trinajstić information content (AvgIpc) is 2.40. The maximum Gasteiger partial charge on any atom is 0.0499 e. The number of aliphatic hydroxyl groups excluding tert-OH is 2. The van der Waals surface area contributed by atoms with Crippen molar-refractivity contribution >= 4 is 0 Å². The predicted octanol–water partition coefficient (Wildman–Crippen LogP) is 0.619. The third-order valence-electron chi connectivity index (χ3n) is 4.01. The summed E-state index contributed by atoms with van der Waals surface area (Å²) in [6.45, 7) is 1.96.